The highest BCUT2D eigenvalue weighted by Gasteiger charge is 2.01. The molecule has 0 spiro atoms. The van der Waals surface area contributed by atoms with Crippen LogP contribution in [0, 0.1) is 5.82 Å². The predicted octanol–water partition coefficient (Wildman–Crippen LogP) is 0.832. The Labute approximate surface area is 92.6 Å². The summed E-state index contributed by atoms with van der Waals surface area (Å²) in [5, 5.41) is 6.87. The highest BCUT2D eigenvalue weighted by molar-refractivity contribution is 5.82. The Balaban J connectivity index is 2.83. The maximum Gasteiger partial charge on any atom is 0.211 e. The Bertz CT molecular complexity index is 413. The predicted molar refractivity (Wildman–Crippen MR) is 61.0 cm³/mol. The third kappa shape index (κ3) is 3.56. The second-order valence-corrected chi connectivity index (χ2v) is 2.89. The Kier molecular flexibility index (Phi) is 4.26. The van der Waals surface area contributed by atoms with E-state index in [9.17, 15) is 4.39 Å². The number of guanidine groups is 1. The molecule has 1 aromatic carbocycles. The number of rotatable bonds is 4. The number of benzene rings is 1. The van der Waals surface area contributed by atoms with Crippen molar-refractivity contribution in [1.29, 1.82) is 0 Å². The molecule has 0 aliphatic rings. The van der Waals surface area contributed by atoms with Crippen LogP contribution in [0.25, 0.3) is 0 Å². The number of halogens is 1. The van der Waals surface area contributed by atoms with E-state index in [1.54, 1.807) is 6.07 Å². The maximum atomic E-state index is 13.4. The SMILES string of the molecule is CCOc1ccc(C=NN=C(N)N)c(F)c1. The molecule has 86 valence electrons. The minimum Gasteiger partial charge on any atom is -0.494 e. The molecule has 0 bridgehead atoms. The summed E-state index contributed by atoms with van der Waals surface area (Å²) in [5.74, 6) is -0.151. The largest absolute Gasteiger partial charge is 0.494 e. The quantitative estimate of drug-likeness (QED) is 0.451. The number of nitrogens with zero attached hydrogens (tertiary/aromatic N) is 2. The molecule has 0 unspecified atom stereocenters. The number of hydrogen-bond acceptors (Lipinski definition) is 3. The number of nitrogens with two attached hydrogens (primary N) is 2. The molecule has 0 aliphatic carbocycles. The van der Waals surface area contributed by atoms with Crippen LogP contribution < -0.4 is 16.2 Å². The average Bonchev–Trinajstić information content (AvgIpc) is 2.21. The van der Waals surface area contributed by atoms with Gasteiger partial charge in [0, 0.05) is 11.6 Å². The van der Waals surface area contributed by atoms with E-state index >= 15 is 0 Å². The van der Waals surface area contributed by atoms with Gasteiger partial charge in [0.1, 0.15) is 11.6 Å². The topological polar surface area (TPSA) is 86.0 Å². The lowest BCUT2D eigenvalue weighted by Crippen LogP contribution is -2.21. The Morgan fingerprint density at radius 2 is 2.25 bits per heavy atom. The standard InChI is InChI=1S/C10H13FN4O/c1-2-16-8-4-3-7(9(11)5-8)6-14-15-10(12)13/h3-6H,2H2,1H3,(H4,12,13,15). The van der Waals surface area contributed by atoms with Gasteiger partial charge >= 0.3 is 0 Å². The van der Waals surface area contributed by atoms with Crippen LogP contribution in [-0.2, 0) is 0 Å². The van der Waals surface area contributed by atoms with Gasteiger partial charge in [-0.05, 0) is 19.1 Å². The highest BCUT2D eigenvalue weighted by Crippen LogP contribution is 2.15. The van der Waals surface area contributed by atoms with E-state index in [0.29, 0.717) is 12.4 Å². The van der Waals surface area contributed by atoms with Gasteiger partial charge in [-0.1, -0.05) is 0 Å². The monoisotopic (exact) mass is 224 g/mol. The summed E-state index contributed by atoms with van der Waals surface area (Å²) >= 11 is 0. The van der Waals surface area contributed by atoms with Crippen molar-refractivity contribution in [3.63, 3.8) is 0 Å². The lowest BCUT2D eigenvalue weighted by Gasteiger charge is -2.03. The van der Waals surface area contributed by atoms with Gasteiger partial charge < -0.3 is 16.2 Å². The van der Waals surface area contributed by atoms with Crippen molar-refractivity contribution in [2.24, 2.45) is 21.7 Å². The van der Waals surface area contributed by atoms with E-state index in [4.69, 9.17) is 16.2 Å². The molecule has 5 nitrogen and oxygen atoms in total. The normalized spacial score (nSPS) is 10.4. The molecule has 6 heteroatoms. The van der Waals surface area contributed by atoms with Gasteiger partial charge in [-0.25, -0.2) is 4.39 Å². The van der Waals surface area contributed by atoms with Crippen LogP contribution >= 0.6 is 0 Å². The smallest absolute Gasteiger partial charge is 0.211 e. The van der Waals surface area contributed by atoms with Crippen LogP contribution in [0.3, 0.4) is 0 Å². The number of hydrogen-bond donors (Lipinski definition) is 2. The summed E-state index contributed by atoms with van der Waals surface area (Å²) in [7, 11) is 0. The molecule has 1 rings (SSSR count). The molecule has 4 N–H and O–H groups in total. The van der Waals surface area contributed by atoms with Crippen LogP contribution in [0.15, 0.2) is 28.4 Å². The Morgan fingerprint density at radius 3 is 2.81 bits per heavy atom. The summed E-state index contributed by atoms with van der Waals surface area (Å²) < 4.78 is 18.5. The molecule has 1 aromatic rings. The first-order valence-electron chi connectivity index (χ1n) is 4.67. The maximum absolute atomic E-state index is 13.4. The molecular weight excluding hydrogens is 211 g/mol. The van der Waals surface area contributed by atoms with Crippen LogP contribution in [0.1, 0.15) is 12.5 Å². The third-order valence-corrected chi connectivity index (χ3v) is 1.65. The molecule has 0 saturated carbocycles. The van der Waals surface area contributed by atoms with E-state index in [1.165, 1.54) is 18.3 Å². The van der Waals surface area contributed by atoms with Crippen LogP contribution in [0.4, 0.5) is 4.39 Å². The van der Waals surface area contributed by atoms with Crippen molar-refractivity contribution < 1.29 is 9.13 Å². The second-order valence-electron chi connectivity index (χ2n) is 2.89. The zero-order valence-electron chi connectivity index (χ0n) is 8.85. The lowest BCUT2D eigenvalue weighted by molar-refractivity contribution is 0.338. The zero-order valence-corrected chi connectivity index (χ0v) is 8.85. The minimum atomic E-state index is -0.444. The van der Waals surface area contributed by atoms with Gasteiger partial charge in [-0.2, -0.15) is 5.10 Å². The first kappa shape index (κ1) is 12.0. The van der Waals surface area contributed by atoms with E-state index in [0.717, 1.165) is 0 Å². The molecule has 0 amide bonds. The van der Waals surface area contributed by atoms with Gasteiger partial charge in [-0.3, -0.25) is 0 Å². The average molecular weight is 224 g/mol. The molecule has 0 heterocycles. The fourth-order valence-electron chi connectivity index (χ4n) is 1.03. The van der Waals surface area contributed by atoms with Crippen molar-refractivity contribution in [2.75, 3.05) is 6.61 Å². The minimum absolute atomic E-state index is 0.178. The summed E-state index contributed by atoms with van der Waals surface area (Å²) in [4.78, 5) is 0. The van der Waals surface area contributed by atoms with Gasteiger partial charge in [0.25, 0.3) is 0 Å². The molecule has 0 fully saturated rings. The Hall–Kier alpha value is -2.11. The van der Waals surface area contributed by atoms with Crippen LogP contribution in [0.2, 0.25) is 0 Å². The number of ether oxygens (including phenoxy) is 1. The van der Waals surface area contributed by atoms with Crippen molar-refractivity contribution in [3.8, 4) is 5.75 Å². The van der Waals surface area contributed by atoms with Crippen molar-refractivity contribution in [1.82, 2.24) is 0 Å². The lowest BCUT2D eigenvalue weighted by atomic mass is 10.2. The van der Waals surface area contributed by atoms with Gasteiger partial charge in [0.2, 0.25) is 5.96 Å². The molecule has 0 atom stereocenters. The molecule has 0 aliphatic heterocycles. The van der Waals surface area contributed by atoms with Crippen molar-refractivity contribution in [2.45, 2.75) is 6.92 Å². The van der Waals surface area contributed by atoms with E-state index in [-0.39, 0.29) is 11.5 Å². The molecule has 0 aromatic heterocycles. The highest BCUT2D eigenvalue weighted by atomic mass is 19.1. The summed E-state index contributed by atoms with van der Waals surface area (Å²) in [6.45, 7) is 2.31. The van der Waals surface area contributed by atoms with Crippen LogP contribution in [-0.4, -0.2) is 18.8 Å². The summed E-state index contributed by atoms with van der Waals surface area (Å²) in [6, 6.07) is 4.45. The van der Waals surface area contributed by atoms with Gasteiger partial charge in [0.05, 0.1) is 12.8 Å². The fraction of sp³-hybridized carbons (Fsp3) is 0.200. The molecule has 16 heavy (non-hydrogen) atoms. The van der Waals surface area contributed by atoms with Crippen molar-refractivity contribution in [3.05, 3.63) is 29.6 Å². The van der Waals surface area contributed by atoms with Gasteiger partial charge in [0.15, 0.2) is 0 Å². The fourth-order valence-corrected chi connectivity index (χ4v) is 1.03. The van der Waals surface area contributed by atoms with E-state index in [1.807, 2.05) is 6.92 Å². The van der Waals surface area contributed by atoms with E-state index in [2.05, 4.69) is 10.2 Å². The molecule has 0 radical (unpaired) electrons. The van der Waals surface area contributed by atoms with Gasteiger partial charge in [-0.15, -0.1) is 5.10 Å². The zero-order chi connectivity index (χ0) is 12.0. The van der Waals surface area contributed by atoms with Crippen molar-refractivity contribution >= 4 is 12.2 Å². The van der Waals surface area contributed by atoms with E-state index < -0.39 is 5.82 Å². The first-order valence-corrected chi connectivity index (χ1v) is 4.67. The second kappa shape index (κ2) is 5.69. The molecular formula is C10H13FN4O. The summed E-state index contributed by atoms with van der Waals surface area (Å²) in [5.41, 5.74) is 10.4. The molecule has 0 saturated heterocycles. The Morgan fingerprint density at radius 1 is 1.50 bits per heavy atom. The first-order chi connectivity index (χ1) is 7.63. The van der Waals surface area contributed by atoms with Crippen LogP contribution in [0.5, 0.6) is 5.75 Å². The summed E-state index contributed by atoms with van der Waals surface area (Å²) in [6.07, 6.45) is 1.23. The third-order valence-electron chi connectivity index (χ3n) is 1.65.